The Hall–Kier alpha value is -3.07. The molecule has 1 N–H and O–H groups in total. The van der Waals surface area contributed by atoms with E-state index in [0.29, 0.717) is 9.93 Å². The zero-order valence-corrected chi connectivity index (χ0v) is 17.3. The number of hydrogen-bond donors (Lipinski definition) is 1. The molecule has 0 spiro atoms. The molecule has 0 aliphatic carbocycles. The van der Waals surface area contributed by atoms with Gasteiger partial charge in [-0.3, -0.25) is 14.5 Å². The van der Waals surface area contributed by atoms with E-state index in [-0.39, 0.29) is 17.1 Å². The molecule has 3 aromatic rings. The smallest absolute Gasteiger partial charge is 0.324 e. The van der Waals surface area contributed by atoms with Gasteiger partial charge in [0.05, 0.1) is 34.1 Å². The number of carbonyl (C=O) groups is 2. The maximum Gasteiger partial charge on any atom is 0.409 e. The van der Waals surface area contributed by atoms with Crippen molar-refractivity contribution in [3.8, 4) is 0 Å². The van der Waals surface area contributed by atoms with E-state index in [1.165, 1.54) is 18.2 Å². The summed E-state index contributed by atoms with van der Waals surface area (Å²) >= 11 is 1.07. The maximum absolute atomic E-state index is 13.8. The summed E-state index contributed by atoms with van der Waals surface area (Å²) in [6.45, 7) is 1.91. The number of aromatic nitrogens is 1. The van der Waals surface area contributed by atoms with Crippen LogP contribution in [0.25, 0.3) is 10.9 Å². The highest BCUT2D eigenvalue weighted by Gasteiger charge is 2.48. The first kappa shape index (κ1) is 21.2. The Labute approximate surface area is 180 Å². The molecule has 0 saturated heterocycles. The van der Waals surface area contributed by atoms with E-state index < -0.39 is 30.5 Å². The van der Waals surface area contributed by atoms with Crippen molar-refractivity contribution in [2.24, 2.45) is 0 Å². The van der Waals surface area contributed by atoms with E-state index in [2.05, 4.69) is 10.3 Å². The number of aryl methyl sites for hydroxylation is 1. The van der Waals surface area contributed by atoms with Crippen molar-refractivity contribution in [2.45, 2.75) is 30.6 Å². The van der Waals surface area contributed by atoms with Crippen LogP contribution in [0.15, 0.2) is 59.6 Å². The third-order valence-electron chi connectivity index (χ3n) is 5.02. The number of para-hydroxylation sites is 3. The van der Waals surface area contributed by atoms with Gasteiger partial charge in [-0.25, -0.2) is 4.98 Å². The van der Waals surface area contributed by atoms with Crippen LogP contribution in [-0.2, 0) is 9.59 Å². The van der Waals surface area contributed by atoms with Gasteiger partial charge < -0.3 is 5.32 Å². The van der Waals surface area contributed by atoms with Crippen LogP contribution in [0.1, 0.15) is 12.0 Å². The van der Waals surface area contributed by atoms with Crippen molar-refractivity contribution in [1.29, 1.82) is 0 Å². The number of anilines is 2. The first-order valence-electron chi connectivity index (χ1n) is 9.51. The molecule has 1 aliphatic rings. The molecular weight excluding hydrogens is 427 g/mol. The topological polar surface area (TPSA) is 62.3 Å². The Morgan fingerprint density at radius 2 is 1.90 bits per heavy atom. The molecular formula is C22H18F3N3O2S. The van der Waals surface area contributed by atoms with Gasteiger partial charge in [-0.05, 0) is 36.8 Å². The molecule has 0 fully saturated rings. The highest BCUT2D eigenvalue weighted by Crippen LogP contribution is 2.38. The van der Waals surface area contributed by atoms with E-state index in [1.807, 2.05) is 37.3 Å². The minimum absolute atomic E-state index is 0.0314. The van der Waals surface area contributed by atoms with Gasteiger partial charge in [-0.15, -0.1) is 0 Å². The fraction of sp³-hybridized carbons (Fsp3) is 0.227. The SMILES string of the molecule is Cc1cc(SCC(=O)N2c3ccccc3NC(=O)CC2C(F)(F)F)nc2ccccc12. The number of nitrogens with zero attached hydrogens (tertiary/aromatic N) is 2. The predicted molar refractivity (Wildman–Crippen MR) is 114 cm³/mol. The van der Waals surface area contributed by atoms with E-state index in [1.54, 1.807) is 6.07 Å². The van der Waals surface area contributed by atoms with E-state index in [0.717, 1.165) is 28.2 Å². The zero-order chi connectivity index (χ0) is 22.2. The lowest BCUT2D eigenvalue weighted by Gasteiger charge is -2.31. The van der Waals surface area contributed by atoms with Gasteiger partial charge in [-0.2, -0.15) is 13.2 Å². The van der Waals surface area contributed by atoms with Crippen LogP contribution in [0.3, 0.4) is 0 Å². The number of fused-ring (bicyclic) bond motifs is 2. The Bertz CT molecular complexity index is 1170. The molecule has 2 aromatic carbocycles. The largest absolute Gasteiger partial charge is 0.409 e. The van der Waals surface area contributed by atoms with Crippen LogP contribution in [0.2, 0.25) is 0 Å². The molecule has 0 radical (unpaired) electrons. The Balaban J connectivity index is 1.64. The van der Waals surface area contributed by atoms with Crippen molar-refractivity contribution in [3.63, 3.8) is 0 Å². The highest BCUT2D eigenvalue weighted by molar-refractivity contribution is 7.99. The van der Waals surface area contributed by atoms with Crippen LogP contribution in [0.5, 0.6) is 0 Å². The van der Waals surface area contributed by atoms with Gasteiger partial charge in [0.25, 0.3) is 0 Å². The second-order valence-electron chi connectivity index (χ2n) is 7.17. The molecule has 0 saturated carbocycles. The number of thioether (sulfide) groups is 1. The Morgan fingerprint density at radius 3 is 2.68 bits per heavy atom. The molecule has 1 aromatic heterocycles. The summed E-state index contributed by atoms with van der Waals surface area (Å²) in [7, 11) is 0. The number of carbonyl (C=O) groups excluding carboxylic acids is 2. The Morgan fingerprint density at radius 1 is 1.19 bits per heavy atom. The van der Waals surface area contributed by atoms with Crippen LogP contribution < -0.4 is 10.2 Å². The van der Waals surface area contributed by atoms with Crippen molar-refractivity contribution >= 4 is 45.9 Å². The lowest BCUT2D eigenvalue weighted by molar-refractivity contribution is -0.157. The fourth-order valence-electron chi connectivity index (χ4n) is 3.59. The molecule has 1 atom stereocenters. The number of amides is 2. The molecule has 160 valence electrons. The van der Waals surface area contributed by atoms with E-state index in [4.69, 9.17) is 0 Å². The summed E-state index contributed by atoms with van der Waals surface area (Å²) in [6, 6.07) is 13.1. The number of hydrogen-bond acceptors (Lipinski definition) is 4. The van der Waals surface area contributed by atoms with Crippen LogP contribution in [0, 0.1) is 6.92 Å². The normalized spacial score (nSPS) is 16.6. The second-order valence-corrected chi connectivity index (χ2v) is 8.17. The van der Waals surface area contributed by atoms with Crippen molar-refractivity contribution in [2.75, 3.05) is 16.0 Å². The molecule has 9 heteroatoms. The van der Waals surface area contributed by atoms with Crippen molar-refractivity contribution in [3.05, 3.63) is 60.2 Å². The van der Waals surface area contributed by atoms with E-state index >= 15 is 0 Å². The number of rotatable bonds is 3. The summed E-state index contributed by atoms with van der Waals surface area (Å²) in [5.41, 5.74) is 1.92. The first-order valence-corrected chi connectivity index (χ1v) is 10.5. The number of benzene rings is 2. The summed E-state index contributed by atoms with van der Waals surface area (Å²) in [4.78, 5) is 30.3. The van der Waals surface area contributed by atoms with Gasteiger partial charge in [-0.1, -0.05) is 42.1 Å². The maximum atomic E-state index is 13.8. The molecule has 1 aliphatic heterocycles. The minimum atomic E-state index is -4.76. The predicted octanol–water partition coefficient (Wildman–Crippen LogP) is 4.94. The zero-order valence-electron chi connectivity index (χ0n) is 16.4. The molecule has 1 unspecified atom stereocenters. The monoisotopic (exact) mass is 445 g/mol. The van der Waals surface area contributed by atoms with Gasteiger partial charge in [0.2, 0.25) is 11.8 Å². The van der Waals surface area contributed by atoms with Crippen molar-refractivity contribution < 1.29 is 22.8 Å². The minimum Gasteiger partial charge on any atom is -0.324 e. The van der Waals surface area contributed by atoms with Gasteiger partial charge in [0, 0.05) is 5.39 Å². The lowest BCUT2D eigenvalue weighted by Crippen LogP contribution is -2.50. The third kappa shape index (κ3) is 4.36. The third-order valence-corrected chi connectivity index (χ3v) is 5.91. The standard InChI is InChI=1S/C22H18F3N3O2S/c1-13-10-20(27-15-7-3-2-6-14(13)15)31-12-21(30)28-17-9-5-4-8-16(17)26-19(29)11-18(28)22(23,24)25/h2-10,18H,11-12H2,1H3,(H,26,29). The lowest BCUT2D eigenvalue weighted by atomic mass is 10.1. The average molecular weight is 445 g/mol. The average Bonchev–Trinajstić information content (AvgIpc) is 2.88. The molecule has 2 amide bonds. The van der Waals surface area contributed by atoms with Crippen LogP contribution in [-0.4, -0.2) is 34.8 Å². The summed E-state index contributed by atoms with van der Waals surface area (Å²) in [5.74, 6) is -1.78. The molecule has 5 nitrogen and oxygen atoms in total. The quantitative estimate of drug-likeness (QED) is 0.580. The summed E-state index contributed by atoms with van der Waals surface area (Å²) < 4.78 is 41.4. The number of alkyl halides is 3. The molecule has 31 heavy (non-hydrogen) atoms. The van der Waals surface area contributed by atoms with Crippen LogP contribution in [0.4, 0.5) is 24.5 Å². The van der Waals surface area contributed by atoms with Gasteiger partial charge in [0.15, 0.2) is 0 Å². The highest BCUT2D eigenvalue weighted by atomic mass is 32.2. The first-order chi connectivity index (χ1) is 14.7. The number of halogens is 3. The summed E-state index contributed by atoms with van der Waals surface area (Å²) in [6.07, 6.45) is -5.62. The van der Waals surface area contributed by atoms with Crippen molar-refractivity contribution in [1.82, 2.24) is 4.98 Å². The van der Waals surface area contributed by atoms with E-state index in [9.17, 15) is 22.8 Å². The van der Waals surface area contributed by atoms with Gasteiger partial charge >= 0.3 is 6.18 Å². The Kier molecular flexibility index (Phi) is 5.62. The number of pyridine rings is 1. The molecule has 2 heterocycles. The second kappa shape index (κ2) is 8.22. The fourth-order valence-corrected chi connectivity index (χ4v) is 4.43. The molecule has 4 rings (SSSR count). The van der Waals surface area contributed by atoms with Gasteiger partial charge in [0.1, 0.15) is 6.04 Å². The number of nitrogens with one attached hydrogen (secondary N) is 1. The summed E-state index contributed by atoms with van der Waals surface area (Å²) in [5, 5.41) is 3.98. The molecule has 0 bridgehead atoms. The van der Waals surface area contributed by atoms with Crippen LogP contribution >= 0.6 is 11.8 Å².